The molecule has 0 spiro atoms. The molecule has 0 radical (unpaired) electrons. The van der Waals surface area contributed by atoms with Gasteiger partial charge in [-0.1, -0.05) is 6.58 Å². The molecule has 0 saturated heterocycles. The van der Waals surface area contributed by atoms with Gasteiger partial charge < -0.3 is 9.27 Å². The Labute approximate surface area is 44.8 Å². The second-order valence-electron chi connectivity index (χ2n) is 1.12. The largest absolute Gasteiger partial charge is 0.755 e. The molecule has 0 aromatic heterocycles. The van der Waals surface area contributed by atoms with Crippen LogP contribution in [0.25, 0.3) is 0 Å². The zero-order chi connectivity index (χ0) is 5.86. The van der Waals surface area contributed by atoms with Gasteiger partial charge in [0.1, 0.15) is 0 Å². The van der Waals surface area contributed by atoms with Crippen LogP contribution in [-0.4, -0.2) is 8.76 Å². The van der Waals surface area contributed by atoms with Crippen molar-refractivity contribution in [2.75, 3.05) is 0 Å². The minimum Gasteiger partial charge on any atom is -0.755 e. The first-order chi connectivity index (χ1) is 3.13. The van der Waals surface area contributed by atoms with Crippen LogP contribution in [0.3, 0.4) is 0 Å². The number of hydrogen-bond donors (Lipinski definition) is 1. The Morgan fingerprint density at radius 2 is 2.43 bits per heavy atom. The van der Waals surface area contributed by atoms with Crippen LogP contribution in [0.2, 0.25) is 0 Å². The summed E-state index contributed by atoms with van der Waals surface area (Å²) in [6.07, 6.45) is 0. The van der Waals surface area contributed by atoms with E-state index in [1.165, 1.54) is 0 Å². The molecule has 0 bridgehead atoms. The van der Waals surface area contributed by atoms with Crippen molar-refractivity contribution < 1.29 is 8.76 Å². The maximum Gasteiger partial charge on any atom is 0.0444 e. The fourth-order valence-electron chi connectivity index (χ4n) is 0.142. The van der Waals surface area contributed by atoms with E-state index in [4.69, 9.17) is 0 Å². The fraction of sp³-hybridized carbons (Fsp3) is 0.333. The number of allylic oxidation sites excluding steroid dienone is 1. The van der Waals surface area contributed by atoms with Crippen molar-refractivity contribution in [3.63, 3.8) is 0 Å². The van der Waals surface area contributed by atoms with E-state index >= 15 is 0 Å². The SMILES string of the molecule is C=C(C)NS(=O)[O-]. The molecule has 7 heavy (non-hydrogen) atoms. The van der Waals surface area contributed by atoms with Crippen LogP contribution >= 0.6 is 0 Å². The standard InChI is InChI=1S/C3H7NO2S/c1-3(2)4-7(5)6/h4H,1H2,2H3,(H,5,6)/p-1. The first kappa shape index (κ1) is 6.65. The summed E-state index contributed by atoms with van der Waals surface area (Å²) in [4.78, 5) is 0. The normalized spacial score (nSPS) is 12.9. The second-order valence-corrected chi connectivity index (χ2v) is 1.79. The van der Waals surface area contributed by atoms with E-state index in [1.807, 2.05) is 4.72 Å². The van der Waals surface area contributed by atoms with Crippen molar-refractivity contribution in [1.82, 2.24) is 4.72 Å². The predicted octanol–water partition coefficient (Wildman–Crippen LogP) is -0.0963. The number of nitrogens with one attached hydrogen (secondary N) is 1. The summed E-state index contributed by atoms with van der Waals surface area (Å²) in [5.74, 6) is 0. The van der Waals surface area contributed by atoms with Gasteiger partial charge in [0.2, 0.25) is 0 Å². The van der Waals surface area contributed by atoms with Gasteiger partial charge in [0.15, 0.2) is 0 Å². The summed E-state index contributed by atoms with van der Waals surface area (Å²) in [7, 11) is 0. The molecular weight excluding hydrogens is 114 g/mol. The van der Waals surface area contributed by atoms with Gasteiger partial charge in [-0.25, -0.2) is 0 Å². The molecule has 0 aliphatic carbocycles. The summed E-state index contributed by atoms with van der Waals surface area (Å²) in [6, 6.07) is 0. The van der Waals surface area contributed by atoms with E-state index in [2.05, 4.69) is 6.58 Å². The van der Waals surface area contributed by atoms with Crippen LogP contribution in [0.5, 0.6) is 0 Å². The Balaban J connectivity index is 3.32. The zero-order valence-electron chi connectivity index (χ0n) is 3.93. The molecule has 1 atom stereocenters. The molecule has 1 unspecified atom stereocenters. The summed E-state index contributed by atoms with van der Waals surface area (Å²) in [5, 5.41) is 0. The molecule has 0 aliphatic heterocycles. The highest BCUT2D eigenvalue weighted by Gasteiger charge is 1.75. The first-order valence-electron chi connectivity index (χ1n) is 1.64. The van der Waals surface area contributed by atoms with Crippen molar-refractivity contribution in [2.45, 2.75) is 6.92 Å². The van der Waals surface area contributed by atoms with E-state index in [1.54, 1.807) is 6.92 Å². The molecule has 1 N–H and O–H groups in total. The Bertz CT molecular complexity index is 89.1. The van der Waals surface area contributed by atoms with E-state index < -0.39 is 11.3 Å². The third-order valence-electron chi connectivity index (χ3n) is 0.258. The lowest BCUT2D eigenvalue weighted by molar-refractivity contribution is 0.529. The maximum atomic E-state index is 9.64. The first-order valence-corrected chi connectivity index (χ1v) is 2.72. The molecule has 0 aromatic rings. The summed E-state index contributed by atoms with van der Waals surface area (Å²) < 4.78 is 21.3. The van der Waals surface area contributed by atoms with Gasteiger partial charge in [-0.2, -0.15) is 0 Å². The topological polar surface area (TPSA) is 52.2 Å². The Kier molecular flexibility index (Phi) is 2.62. The summed E-state index contributed by atoms with van der Waals surface area (Å²) >= 11 is -2.20. The highest BCUT2D eigenvalue weighted by atomic mass is 32.2. The molecule has 0 aromatic carbocycles. The number of rotatable bonds is 2. The van der Waals surface area contributed by atoms with E-state index in [9.17, 15) is 8.76 Å². The van der Waals surface area contributed by atoms with Gasteiger partial charge in [-0.05, 0) is 6.92 Å². The summed E-state index contributed by atoms with van der Waals surface area (Å²) in [6.45, 7) is 4.86. The van der Waals surface area contributed by atoms with Gasteiger partial charge in [0.25, 0.3) is 0 Å². The van der Waals surface area contributed by atoms with E-state index in [-0.39, 0.29) is 0 Å². The highest BCUT2D eigenvalue weighted by Crippen LogP contribution is 1.76. The zero-order valence-corrected chi connectivity index (χ0v) is 4.75. The smallest absolute Gasteiger partial charge is 0.0444 e. The van der Waals surface area contributed by atoms with Crippen LogP contribution in [0, 0.1) is 0 Å². The third kappa shape index (κ3) is 5.65. The average Bonchev–Trinajstić information content (AvgIpc) is 1.27. The van der Waals surface area contributed by atoms with E-state index in [0.29, 0.717) is 5.70 Å². The molecule has 42 valence electrons. The molecule has 0 heterocycles. The minimum atomic E-state index is -2.20. The summed E-state index contributed by atoms with van der Waals surface area (Å²) in [5.41, 5.74) is 0.424. The van der Waals surface area contributed by atoms with E-state index in [0.717, 1.165) is 0 Å². The van der Waals surface area contributed by atoms with Gasteiger partial charge in [-0.15, -0.1) is 0 Å². The average molecular weight is 120 g/mol. The molecule has 0 amide bonds. The van der Waals surface area contributed by atoms with Crippen LogP contribution in [0.4, 0.5) is 0 Å². The lowest BCUT2D eigenvalue weighted by atomic mass is 10.6. The third-order valence-corrected chi connectivity index (χ3v) is 0.773. The van der Waals surface area contributed by atoms with Crippen LogP contribution in [0.1, 0.15) is 6.92 Å². The van der Waals surface area contributed by atoms with Crippen molar-refractivity contribution in [3.05, 3.63) is 12.3 Å². The molecule has 0 fully saturated rings. The highest BCUT2D eigenvalue weighted by molar-refractivity contribution is 7.77. The van der Waals surface area contributed by atoms with Gasteiger partial charge in [0.05, 0.1) is 0 Å². The molecule has 0 saturated carbocycles. The minimum absolute atomic E-state index is 0.424. The lowest BCUT2D eigenvalue weighted by Crippen LogP contribution is -2.12. The quantitative estimate of drug-likeness (QED) is 0.517. The van der Waals surface area contributed by atoms with Crippen molar-refractivity contribution in [3.8, 4) is 0 Å². The second kappa shape index (κ2) is 2.76. The van der Waals surface area contributed by atoms with Crippen molar-refractivity contribution in [1.29, 1.82) is 0 Å². The van der Waals surface area contributed by atoms with Gasteiger partial charge >= 0.3 is 0 Å². The maximum absolute atomic E-state index is 9.64. The molecule has 3 nitrogen and oxygen atoms in total. The Hall–Kier alpha value is -0.350. The van der Waals surface area contributed by atoms with Crippen LogP contribution < -0.4 is 4.72 Å². The molecular formula is C3H6NO2S-. The van der Waals surface area contributed by atoms with Gasteiger partial charge in [0, 0.05) is 17.0 Å². The Morgan fingerprint density at radius 1 is 2.00 bits per heavy atom. The molecule has 0 aliphatic rings. The molecule has 0 rings (SSSR count). The lowest BCUT2D eigenvalue weighted by Gasteiger charge is -2.05. The predicted molar refractivity (Wildman–Crippen MR) is 26.9 cm³/mol. The van der Waals surface area contributed by atoms with Crippen LogP contribution in [0.15, 0.2) is 12.3 Å². The monoisotopic (exact) mass is 120 g/mol. The van der Waals surface area contributed by atoms with Crippen LogP contribution in [-0.2, 0) is 11.3 Å². The van der Waals surface area contributed by atoms with Crippen molar-refractivity contribution >= 4 is 11.3 Å². The van der Waals surface area contributed by atoms with Gasteiger partial charge in [-0.3, -0.25) is 4.21 Å². The molecule has 4 heteroatoms. The number of hydrogen-bond acceptors (Lipinski definition) is 2. The van der Waals surface area contributed by atoms with Crippen molar-refractivity contribution in [2.24, 2.45) is 0 Å². The Morgan fingerprint density at radius 3 is 2.43 bits per heavy atom. The fourth-order valence-corrected chi connectivity index (χ4v) is 0.427.